The molecule has 0 fully saturated rings. The highest BCUT2D eigenvalue weighted by atomic mass is 32.2. The number of hydrogen-bond acceptors (Lipinski definition) is 4. The molecule has 0 aliphatic heterocycles. The Morgan fingerprint density at radius 3 is 2.18 bits per heavy atom. The highest BCUT2D eigenvalue weighted by Crippen LogP contribution is 2.14. The minimum atomic E-state index is -3.47. The van der Waals surface area contributed by atoms with E-state index in [1.807, 2.05) is 13.0 Å². The van der Waals surface area contributed by atoms with Crippen molar-refractivity contribution in [2.24, 2.45) is 0 Å². The summed E-state index contributed by atoms with van der Waals surface area (Å²) in [4.78, 5) is 12.3. The maximum absolute atomic E-state index is 12.2. The number of hydrogen-bond donors (Lipinski definition) is 0. The molecule has 2 aromatic carbocycles. The van der Waals surface area contributed by atoms with Crippen LogP contribution in [0.4, 0.5) is 0 Å². The van der Waals surface area contributed by atoms with Crippen molar-refractivity contribution < 1.29 is 13.2 Å². The van der Waals surface area contributed by atoms with E-state index in [2.05, 4.69) is 0 Å². The zero-order valence-corrected chi connectivity index (χ0v) is 12.9. The predicted octanol–water partition coefficient (Wildman–Crippen LogP) is 2.91. The van der Waals surface area contributed by atoms with E-state index in [0.717, 1.165) is 5.56 Å². The zero-order valence-electron chi connectivity index (χ0n) is 12.1. The van der Waals surface area contributed by atoms with E-state index in [1.165, 1.54) is 0 Å². The average Bonchev–Trinajstić information content (AvgIpc) is 2.53. The van der Waals surface area contributed by atoms with E-state index in [1.54, 1.807) is 48.5 Å². The van der Waals surface area contributed by atoms with E-state index < -0.39 is 9.84 Å². The van der Waals surface area contributed by atoms with Crippen molar-refractivity contribution in [3.63, 3.8) is 0 Å². The fraction of sp³-hybridized carbons (Fsp3) is 0.176. The Balaban J connectivity index is 2.06. The van der Waals surface area contributed by atoms with E-state index >= 15 is 0 Å². The van der Waals surface area contributed by atoms with Crippen molar-refractivity contribution in [3.05, 3.63) is 65.2 Å². The first-order valence-electron chi connectivity index (χ1n) is 6.75. The van der Waals surface area contributed by atoms with Gasteiger partial charge in [0, 0.05) is 12.0 Å². The summed E-state index contributed by atoms with van der Waals surface area (Å²) in [6, 6.07) is 14.7. The van der Waals surface area contributed by atoms with Gasteiger partial charge in [-0.2, -0.15) is 5.26 Å². The van der Waals surface area contributed by atoms with Crippen LogP contribution in [0.2, 0.25) is 0 Å². The third-order valence-corrected chi connectivity index (χ3v) is 5.05. The standard InChI is InChI=1S/C17H15NO3S/c1-13-2-8-16(9-3-13)22(20,21)11-10-17(19)15-6-4-14(12-18)5-7-15/h2-9H,10-11H2,1H3. The largest absolute Gasteiger partial charge is 0.294 e. The van der Waals surface area contributed by atoms with E-state index in [9.17, 15) is 13.2 Å². The maximum atomic E-state index is 12.2. The zero-order chi connectivity index (χ0) is 16.2. The Morgan fingerprint density at radius 2 is 1.64 bits per heavy atom. The first-order valence-corrected chi connectivity index (χ1v) is 8.40. The van der Waals surface area contributed by atoms with E-state index in [4.69, 9.17) is 5.26 Å². The summed E-state index contributed by atoms with van der Waals surface area (Å²) in [6.07, 6.45) is -0.0812. The maximum Gasteiger partial charge on any atom is 0.178 e. The number of ketones is 1. The lowest BCUT2D eigenvalue weighted by molar-refractivity contribution is 0.0989. The van der Waals surface area contributed by atoms with Gasteiger partial charge in [-0.15, -0.1) is 0 Å². The summed E-state index contributed by atoms with van der Waals surface area (Å²) in [5, 5.41) is 8.71. The highest BCUT2D eigenvalue weighted by Gasteiger charge is 2.17. The second-order valence-electron chi connectivity index (χ2n) is 4.99. The topological polar surface area (TPSA) is 75.0 Å². The van der Waals surface area contributed by atoms with Crippen molar-refractivity contribution >= 4 is 15.6 Å². The van der Waals surface area contributed by atoms with Gasteiger partial charge in [-0.3, -0.25) is 4.79 Å². The van der Waals surface area contributed by atoms with Crippen LogP contribution in [-0.4, -0.2) is 20.0 Å². The van der Waals surface area contributed by atoms with Gasteiger partial charge in [0.25, 0.3) is 0 Å². The molecule has 5 heteroatoms. The van der Waals surface area contributed by atoms with E-state index in [-0.39, 0.29) is 22.9 Å². The highest BCUT2D eigenvalue weighted by molar-refractivity contribution is 7.91. The summed E-state index contributed by atoms with van der Waals surface area (Å²) < 4.78 is 24.4. The van der Waals surface area contributed by atoms with Crippen LogP contribution in [0.15, 0.2) is 53.4 Å². The smallest absolute Gasteiger partial charge is 0.178 e. The Morgan fingerprint density at radius 1 is 1.05 bits per heavy atom. The van der Waals surface area contributed by atoms with Crippen LogP contribution < -0.4 is 0 Å². The molecule has 2 aromatic rings. The molecule has 0 N–H and O–H groups in total. The number of aryl methyl sites for hydroxylation is 1. The molecule has 2 rings (SSSR count). The lowest BCUT2D eigenvalue weighted by Gasteiger charge is -2.05. The number of rotatable bonds is 5. The Bertz CT molecular complexity index is 814. The minimum Gasteiger partial charge on any atom is -0.294 e. The molecule has 0 atom stereocenters. The second-order valence-corrected chi connectivity index (χ2v) is 7.10. The molecule has 0 aliphatic carbocycles. The van der Waals surface area contributed by atoms with Crippen LogP contribution in [0, 0.1) is 18.3 Å². The monoisotopic (exact) mass is 313 g/mol. The summed E-state index contributed by atoms with van der Waals surface area (Å²) >= 11 is 0. The molecule has 0 aromatic heterocycles. The number of nitriles is 1. The molecule has 0 spiro atoms. The van der Waals surface area contributed by atoms with Crippen molar-refractivity contribution in [1.82, 2.24) is 0 Å². The van der Waals surface area contributed by atoms with Crippen molar-refractivity contribution in [3.8, 4) is 6.07 Å². The quantitative estimate of drug-likeness (QED) is 0.795. The molecule has 0 amide bonds. The molecule has 22 heavy (non-hydrogen) atoms. The van der Waals surface area contributed by atoms with Crippen molar-refractivity contribution in [2.75, 3.05) is 5.75 Å². The lowest BCUT2D eigenvalue weighted by Crippen LogP contribution is -2.11. The van der Waals surface area contributed by atoms with Crippen LogP contribution in [0.5, 0.6) is 0 Å². The SMILES string of the molecule is Cc1ccc(S(=O)(=O)CCC(=O)c2ccc(C#N)cc2)cc1. The van der Waals surface area contributed by atoms with Gasteiger partial charge in [-0.05, 0) is 31.2 Å². The molecular weight excluding hydrogens is 298 g/mol. The van der Waals surface area contributed by atoms with Gasteiger partial charge >= 0.3 is 0 Å². The summed E-state index contributed by atoms with van der Waals surface area (Å²) in [5.74, 6) is -0.477. The molecule has 0 heterocycles. The molecule has 0 bridgehead atoms. The molecule has 0 radical (unpaired) electrons. The van der Waals surface area contributed by atoms with Crippen molar-refractivity contribution in [1.29, 1.82) is 5.26 Å². The van der Waals surface area contributed by atoms with Crippen LogP contribution in [0.25, 0.3) is 0 Å². The van der Waals surface area contributed by atoms with Gasteiger partial charge in [0.05, 0.1) is 22.3 Å². The number of carbonyl (C=O) groups is 1. The Labute approximate surface area is 129 Å². The molecule has 4 nitrogen and oxygen atoms in total. The van der Waals surface area contributed by atoms with Crippen LogP contribution in [-0.2, 0) is 9.84 Å². The normalized spacial score (nSPS) is 10.9. The number of benzene rings is 2. The number of carbonyl (C=O) groups excluding carboxylic acids is 1. The lowest BCUT2D eigenvalue weighted by atomic mass is 10.1. The molecular formula is C17H15NO3S. The van der Waals surface area contributed by atoms with Crippen LogP contribution in [0.3, 0.4) is 0 Å². The Hall–Kier alpha value is -2.45. The van der Waals surface area contributed by atoms with Gasteiger partial charge in [-0.25, -0.2) is 8.42 Å². The third-order valence-electron chi connectivity index (χ3n) is 3.31. The summed E-state index contributed by atoms with van der Waals surface area (Å²) in [6.45, 7) is 1.88. The van der Waals surface area contributed by atoms with Gasteiger partial charge in [0.2, 0.25) is 0 Å². The molecule has 0 saturated carbocycles. The van der Waals surface area contributed by atoms with Crippen LogP contribution >= 0.6 is 0 Å². The predicted molar refractivity (Wildman–Crippen MR) is 83.3 cm³/mol. The average molecular weight is 313 g/mol. The van der Waals surface area contributed by atoms with Gasteiger partial charge in [0.1, 0.15) is 0 Å². The Kier molecular flexibility index (Phi) is 4.74. The van der Waals surface area contributed by atoms with Crippen LogP contribution in [0.1, 0.15) is 27.9 Å². The van der Waals surface area contributed by atoms with Gasteiger partial charge < -0.3 is 0 Å². The van der Waals surface area contributed by atoms with Crippen molar-refractivity contribution in [2.45, 2.75) is 18.2 Å². The molecule has 0 aliphatic rings. The number of Topliss-reactive ketones (excluding diaryl/α,β-unsaturated/α-hetero) is 1. The first kappa shape index (κ1) is 15.9. The molecule has 112 valence electrons. The molecule has 0 unspecified atom stereocenters. The fourth-order valence-corrected chi connectivity index (χ4v) is 3.21. The summed E-state index contributed by atoms with van der Waals surface area (Å²) in [7, 11) is -3.47. The van der Waals surface area contributed by atoms with E-state index in [0.29, 0.717) is 11.1 Å². The first-order chi connectivity index (χ1) is 10.4. The summed E-state index contributed by atoms with van der Waals surface area (Å²) in [5.41, 5.74) is 1.86. The third kappa shape index (κ3) is 3.80. The van der Waals surface area contributed by atoms with Gasteiger partial charge in [0.15, 0.2) is 15.6 Å². The number of nitrogens with zero attached hydrogens (tertiary/aromatic N) is 1. The number of sulfone groups is 1. The minimum absolute atomic E-state index is 0.0812. The van der Waals surface area contributed by atoms with Gasteiger partial charge in [-0.1, -0.05) is 29.8 Å². The fourth-order valence-electron chi connectivity index (χ4n) is 1.97. The second kappa shape index (κ2) is 6.54. The molecule has 0 saturated heterocycles.